The maximum atomic E-state index is 11.8. The molecule has 1 aromatic carbocycles. The van der Waals surface area contributed by atoms with Crippen molar-refractivity contribution in [3.63, 3.8) is 0 Å². The number of benzene rings is 1. The Morgan fingerprint density at radius 1 is 1.12 bits per heavy atom. The van der Waals surface area contributed by atoms with Crippen LogP contribution in [0.1, 0.15) is 50.7 Å². The molecule has 1 aromatic rings. The highest BCUT2D eigenvalue weighted by Gasteiger charge is 2.24. The van der Waals surface area contributed by atoms with Crippen LogP contribution in [0, 0.1) is 12.8 Å². The summed E-state index contributed by atoms with van der Waals surface area (Å²) >= 11 is 0. The highest BCUT2D eigenvalue weighted by atomic mass is 16.1. The summed E-state index contributed by atoms with van der Waals surface area (Å²) in [6.45, 7) is 8.11. The molecule has 0 heterocycles. The van der Waals surface area contributed by atoms with Gasteiger partial charge in [0.25, 0.3) is 0 Å². The molecule has 0 N–H and O–H groups in total. The summed E-state index contributed by atoms with van der Waals surface area (Å²) in [5.74, 6) is 0.841. The van der Waals surface area contributed by atoms with Crippen LogP contribution in [0.5, 0.6) is 0 Å². The molecule has 88 valence electrons. The van der Waals surface area contributed by atoms with E-state index in [9.17, 15) is 4.79 Å². The number of Topliss-reactive ketones (excluding diaryl/α,β-unsaturated/α-hetero) is 1. The van der Waals surface area contributed by atoms with Gasteiger partial charge in [-0.15, -0.1) is 0 Å². The first kappa shape index (κ1) is 13.0. The van der Waals surface area contributed by atoms with Gasteiger partial charge in [-0.25, -0.2) is 0 Å². The van der Waals surface area contributed by atoms with Crippen LogP contribution in [-0.2, 0) is 4.79 Å². The van der Waals surface area contributed by atoms with Crippen molar-refractivity contribution in [2.45, 2.75) is 46.5 Å². The Morgan fingerprint density at radius 2 is 1.62 bits per heavy atom. The summed E-state index contributed by atoms with van der Waals surface area (Å²) in [7, 11) is 0. The average Bonchev–Trinajstić information content (AvgIpc) is 2.27. The van der Waals surface area contributed by atoms with Crippen molar-refractivity contribution in [2.75, 3.05) is 0 Å². The van der Waals surface area contributed by atoms with Crippen LogP contribution < -0.4 is 0 Å². The molecule has 0 saturated carbocycles. The van der Waals surface area contributed by atoms with Gasteiger partial charge in [-0.2, -0.15) is 0 Å². The molecule has 0 aliphatic rings. The van der Waals surface area contributed by atoms with Crippen molar-refractivity contribution < 1.29 is 4.79 Å². The fraction of sp³-hybridized carbons (Fsp3) is 0.533. The quantitative estimate of drug-likeness (QED) is 0.727. The van der Waals surface area contributed by atoms with Crippen molar-refractivity contribution in [3.05, 3.63) is 35.4 Å². The number of carbonyl (C=O) groups excluding carboxylic acids is 1. The van der Waals surface area contributed by atoms with Gasteiger partial charge in [0, 0.05) is 5.92 Å². The molecule has 1 rings (SSSR count). The molecule has 16 heavy (non-hydrogen) atoms. The van der Waals surface area contributed by atoms with Crippen LogP contribution in [-0.4, -0.2) is 5.78 Å². The monoisotopic (exact) mass is 218 g/mol. The third kappa shape index (κ3) is 2.94. The second-order valence-electron chi connectivity index (χ2n) is 4.58. The number of aryl methyl sites for hydroxylation is 1. The number of hydrogen-bond donors (Lipinski definition) is 0. The van der Waals surface area contributed by atoms with Crippen LogP contribution >= 0.6 is 0 Å². The van der Waals surface area contributed by atoms with Crippen molar-refractivity contribution in [3.8, 4) is 0 Å². The number of hydrogen-bond acceptors (Lipinski definition) is 1. The predicted molar refractivity (Wildman–Crippen MR) is 68.7 cm³/mol. The molecule has 0 bridgehead atoms. The molecule has 1 nitrogen and oxygen atoms in total. The predicted octanol–water partition coefficient (Wildman–Crippen LogP) is 4.10. The largest absolute Gasteiger partial charge is 0.299 e. The lowest BCUT2D eigenvalue weighted by Crippen LogP contribution is -2.18. The normalized spacial score (nSPS) is 12.8. The van der Waals surface area contributed by atoms with Crippen LogP contribution in [0.25, 0.3) is 0 Å². The third-order valence-corrected chi connectivity index (χ3v) is 3.39. The summed E-state index contributed by atoms with van der Waals surface area (Å²) in [6, 6.07) is 8.38. The van der Waals surface area contributed by atoms with Crippen LogP contribution in [0.3, 0.4) is 0 Å². The Morgan fingerprint density at radius 3 is 2.00 bits per heavy atom. The summed E-state index contributed by atoms with van der Waals surface area (Å²) in [6.07, 6.45) is 2.13. The maximum absolute atomic E-state index is 11.8. The van der Waals surface area contributed by atoms with E-state index in [1.807, 2.05) is 0 Å². The molecular weight excluding hydrogens is 196 g/mol. The van der Waals surface area contributed by atoms with Gasteiger partial charge in [0.1, 0.15) is 5.78 Å². The molecule has 1 unspecified atom stereocenters. The van der Waals surface area contributed by atoms with Gasteiger partial charge in [0.05, 0.1) is 0 Å². The molecule has 0 amide bonds. The van der Waals surface area contributed by atoms with Crippen LogP contribution in [0.15, 0.2) is 24.3 Å². The number of ketones is 1. The number of carbonyl (C=O) groups is 1. The summed E-state index contributed by atoms with van der Waals surface area (Å²) in [5, 5.41) is 0. The molecule has 0 aliphatic heterocycles. The van der Waals surface area contributed by atoms with Gasteiger partial charge in [0.2, 0.25) is 0 Å². The zero-order valence-electron chi connectivity index (χ0n) is 10.8. The fourth-order valence-corrected chi connectivity index (χ4v) is 2.37. The van der Waals surface area contributed by atoms with E-state index in [1.54, 1.807) is 6.92 Å². The van der Waals surface area contributed by atoms with Crippen molar-refractivity contribution in [2.24, 2.45) is 5.92 Å². The summed E-state index contributed by atoms with van der Waals surface area (Å²) in [4.78, 5) is 11.8. The van der Waals surface area contributed by atoms with Gasteiger partial charge in [-0.1, -0.05) is 56.5 Å². The molecule has 0 radical (unpaired) electrons. The topological polar surface area (TPSA) is 17.1 Å². The minimum absolute atomic E-state index is 0.0793. The Bertz CT molecular complexity index is 333. The van der Waals surface area contributed by atoms with E-state index in [0.717, 1.165) is 12.8 Å². The van der Waals surface area contributed by atoms with Gasteiger partial charge in [-0.3, -0.25) is 4.79 Å². The van der Waals surface area contributed by atoms with Crippen LogP contribution in [0.4, 0.5) is 0 Å². The first-order chi connectivity index (χ1) is 7.60. The minimum atomic E-state index is 0.0793. The zero-order chi connectivity index (χ0) is 12.1. The molecule has 0 spiro atoms. The van der Waals surface area contributed by atoms with Crippen molar-refractivity contribution >= 4 is 5.78 Å². The molecule has 0 saturated heterocycles. The van der Waals surface area contributed by atoms with Crippen molar-refractivity contribution in [1.82, 2.24) is 0 Å². The lowest BCUT2D eigenvalue weighted by molar-refractivity contribution is -0.119. The van der Waals surface area contributed by atoms with E-state index < -0.39 is 0 Å². The van der Waals surface area contributed by atoms with E-state index in [4.69, 9.17) is 0 Å². The molecule has 0 aromatic heterocycles. The van der Waals surface area contributed by atoms with Crippen molar-refractivity contribution in [1.29, 1.82) is 0 Å². The fourth-order valence-electron chi connectivity index (χ4n) is 2.37. The zero-order valence-corrected chi connectivity index (χ0v) is 10.8. The first-order valence-electron chi connectivity index (χ1n) is 6.17. The SMILES string of the molecule is CCC(CC)C(C(C)=O)c1ccc(C)cc1. The van der Waals surface area contributed by atoms with Gasteiger partial charge >= 0.3 is 0 Å². The second-order valence-corrected chi connectivity index (χ2v) is 4.58. The Hall–Kier alpha value is -1.11. The molecule has 1 atom stereocenters. The summed E-state index contributed by atoms with van der Waals surface area (Å²) in [5.41, 5.74) is 2.42. The molecular formula is C15H22O. The van der Waals surface area contributed by atoms with E-state index >= 15 is 0 Å². The standard InChI is InChI=1S/C15H22O/c1-5-13(6-2)15(12(4)16)14-9-7-11(3)8-10-14/h7-10,13,15H,5-6H2,1-4H3. The van der Waals surface area contributed by atoms with E-state index in [2.05, 4.69) is 45.0 Å². The maximum Gasteiger partial charge on any atom is 0.137 e. The van der Waals surface area contributed by atoms with Gasteiger partial charge in [-0.05, 0) is 25.3 Å². The van der Waals surface area contributed by atoms with E-state index in [1.165, 1.54) is 11.1 Å². The smallest absolute Gasteiger partial charge is 0.137 e. The Balaban J connectivity index is 3.02. The molecule has 0 aliphatic carbocycles. The number of rotatable bonds is 5. The highest BCUT2D eigenvalue weighted by Crippen LogP contribution is 2.30. The lowest BCUT2D eigenvalue weighted by atomic mass is 9.80. The third-order valence-electron chi connectivity index (χ3n) is 3.39. The van der Waals surface area contributed by atoms with Gasteiger partial charge < -0.3 is 0 Å². The molecule has 0 fully saturated rings. The van der Waals surface area contributed by atoms with Crippen LogP contribution in [0.2, 0.25) is 0 Å². The first-order valence-corrected chi connectivity index (χ1v) is 6.17. The Labute approximate surface area is 98.9 Å². The Kier molecular flexibility index (Phi) is 4.72. The van der Waals surface area contributed by atoms with Gasteiger partial charge in [0.15, 0.2) is 0 Å². The van der Waals surface area contributed by atoms with E-state index in [0.29, 0.717) is 5.92 Å². The summed E-state index contributed by atoms with van der Waals surface area (Å²) < 4.78 is 0. The molecule has 1 heteroatoms. The second kappa shape index (κ2) is 5.83. The highest BCUT2D eigenvalue weighted by molar-refractivity contribution is 5.83. The van der Waals surface area contributed by atoms with E-state index in [-0.39, 0.29) is 11.7 Å². The lowest BCUT2D eigenvalue weighted by Gasteiger charge is -2.23. The minimum Gasteiger partial charge on any atom is -0.299 e. The average molecular weight is 218 g/mol.